The molecule has 2 fully saturated rings. The molecule has 4 amide bonds. The maximum atomic E-state index is 13.8. The number of hydrogen-bond donors (Lipinski definition) is 3. The second-order valence-electron chi connectivity index (χ2n) is 15.4. The van der Waals surface area contributed by atoms with E-state index in [4.69, 9.17) is 17.0 Å². The van der Waals surface area contributed by atoms with Crippen LogP contribution in [-0.4, -0.2) is 82.9 Å². The number of benzene rings is 3. The van der Waals surface area contributed by atoms with E-state index in [0.29, 0.717) is 55.5 Å². The number of alkyl halides is 3. The zero-order valence-electron chi connectivity index (χ0n) is 33.3. The summed E-state index contributed by atoms with van der Waals surface area (Å²) < 4.78 is 47.7. The summed E-state index contributed by atoms with van der Waals surface area (Å²) in [4.78, 5) is 57.2. The van der Waals surface area contributed by atoms with E-state index in [2.05, 4.69) is 20.9 Å². The third-order valence-corrected chi connectivity index (χ3v) is 10.8. The van der Waals surface area contributed by atoms with Gasteiger partial charge in [0.25, 0.3) is 5.91 Å². The Balaban J connectivity index is 1.05. The summed E-state index contributed by atoms with van der Waals surface area (Å²) in [6.45, 7) is 11.6. The first-order valence-corrected chi connectivity index (χ1v) is 19.5. The van der Waals surface area contributed by atoms with Crippen LogP contribution in [0.3, 0.4) is 0 Å². The Labute approximate surface area is 345 Å². The predicted molar refractivity (Wildman–Crippen MR) is 221 cm³/mol. The molecule has 6 rings (SSSR count). The number of halogens is 3. The normalized spacial score (nSPS) is 18.2. The van der Waals surface area contributed by atoms with Crippen molar-refractivity contribution in [2.75, 3.05) is 53.2 Å². The van der Waals surface area contributed by atoms with Crippen LogP contribution in [0, 0.1) is 11.3 Å². The van der Waals surface area contributed by atoms with Crippen LogP contribution in [0.4, 0.5) is 35.9 Å². The average Bonchev–Trinajstić information content (AvgIpc) is 3.35. The standard InChI is InChI=1S/C42H45F3N8O5S/c1-25(2)32-20-31(53-40(59)52(39(57)41(53,4)5)30-10-9-27(22-46)33(21-30)42(43,44)45)11-13-35(32)58-18-17-50-15-16-51(26(3)23-50)24-37(55)48-29-8-6-7-28(19-29)47-34-12-14-36(54)49-38(34)56/h6-11,13,19-21,23,25,34,47H,12,14-18,24H2,1-5H3,(H,48,55)(H,49,54,56). The second-order valence-corrected chi connectivity index (χ2v) is 15.8. The van der Waals surface area contributed by atoms with Gasteiger partial charge >= 0.3 is 6.18 Å². The van der Waals surface area contributed by atoms with E-state index in [1.807, 2.05) is 37.9 Å². The van der Waals surface area contributed by atoms with Crippen LogP contribution in [0.1, 0.15) is 70.1 Å². The quantitative estimate of drug-likeness (QED) is 0.139. The minimum atomic E-state index is -4.80. The highest BCUT2D eigenvalue weighted by atomic mass is 32.1. The Morgan fingerprint density at radius 1 is 1.05 bits per heavy atom. The van der Waals surface area contributed by atoms with Gasteiger partial charge < -0.3 is 30.1 Å². The number of rotatable bonds is 12. The van der Waals surface area contributed by atoms with E-state index >= 15 is 0 Å². The number of nitrogens with zero attached hydrogens (tertiary/aromatic N) is 5. The molecule has 59 heavy (non-hydrogen) atoms. The SMILES string of the molecule is CC1=CN(CCOc2ccc(N3C(=S)N(c4ccc(C#N)c(C(F)(F)F)c4)C(=O)C3(C)C)cc2C(C)C)CCN1CC(=O)Nc1cccc(NC2CCC(=O)NC2=O)c1. The van der Waals surface area contributed by atoms with Crippen molar-refractivity contribution in [1.82, 2.24) is 15.1 Å². The number of imide groups is 1. The van der Waals surface area contributed by atoms with E-state index < -0.39 is 34.8 Å². The number of nitrogens with one attached hydrogen (secondary N) is 3. The molecule has 310 valence electrons. The maximum absolute atomic E-state index is 13.8. The van der Waals surface area contributed by atoms with Gasteiger partial charge in [0, 0.05) is 48.5 Å². The second kappa shape index (κ2) is 17.0. The third-order valence-electron chi connectivity index (χ3n) is 10.5. The molecule has 3 aromatic carbocycles. The summed E-state index contributed by atoms with van der Waals surface area (Å²) in [5.74, 6) is -0.726. The fourth-order valence-electron chi connectivity index (χ4n) is 7.30. The van der Waals surface area contributed by atoms with Crippen LogP contribution in [0.2, 0.25) is 0 Å². The van der Waals surface area contributed by atoms with Crippen molar-refractivity contribution in [3.63, 3.8) is 0 Å². The van der Waals surface area contributed by atoms with Gasteiger partial charge in [0.05, 0.1) is 36.0 Å². The molecule has 13 nitrogen and oxygen atoms in total. The van der Waals surface area contributed by atoms with Crippen LogP contribution in [0.15, 0.2) is 72.6 Å². The van der Waals surface area contributed by atoms with Crippen molar-refractivity contribution in [3.8, 4) is 11.8 Å². The molecule has 3 N–H and O–H groups in total. The highest BCUT2D eigenvalue weighted by Crippen LogP contribution is 2.41. The summed E-state index contributed by atoms with van der Waals surface area (Å²) in [6.07, 6.45) is -2.17. The fraction of sp³-hybridized carbons (Fsp3) is 0.381. The number of amides is 4. The number of carbonyl (C=O) groups excluding carboxylic acids is 4. The minimum Gasteiger partial charge on any atom is -0.491 e. The molecular formula is C42H45F3N8O5S. The van der Waals surface area contributed by atoms with E-state index in [1.165, 1.54) is 6.07 Å². The summed E-state index contributed by atoms with van der Waals surface area (Å²) in [6, 6.07) is 16.7. The number of carbonyl (C=O) groups is 4. The molecule has 1 unspecified atom stereocenters. The molecule has 1 atom stereocenters. The van der Waals surface area contributed by atoms with Gasteiger partial charge in [-0.15, -0.1) is 0 Å². The van der Waals surface area contributed by atoms with Crippen LogP contribution in [0.5, 0.6) is 5.75 Å². The van der Waals surface area contributed by atoms with Gasteiger partial charge in [-0.1, -0.05) is 19.9 Å². The van der Waals surface area contributed by atoms with Crippen molar-refractivity contribution >= 4 is 63.7 Å². The van der Waals surface area contributed by atoms with Gasteiger partial charge in [-0.05, 0) is 105 Å². The van der Waals surface area contributed by atoms with Crippen molar-refractivity contribution in [2.45, 2.75) is 71.1 Å². The van der Waals surface area contributed by atoms with Crippen molar-refractivity contribution < 1.29 is 37.1 Å². The van der Waals surface area contributed by atoms with Gasteiger partial charge in [-0.3, -0.25) is 29.4 Å². The lowest BCUT2D eigenvalue weighted by molar-refractivity contribution is -0.138. The molecule has 3 heterocycles. The topological polar surface area (TPSA) is 150 Å². The van der Waals surface area contributed by atoms with E-state index in [0.717, 1.165) is 28.3 Å². The summed E-state index contributed by atoms with van der Waals surface area (Å²) in [5, 5.41) is 17.6. The molecular weight excluding hydrogens is 786 g/mol. The van der Waals surface area contributed by atoms with Crippen molar-refractivity contribution in [2.24, 2.45) is 0 Å². The van der Waals surface area contributed by atoms with Gasteiger partial charge in [0.15, 0.2) is 5.11 Å². The molecule has 0 aliphatic carbocycles. The minimum absolute atomic E-state index is 0.00446. The molecule has 3 aliphatic rings. The molecule has 3 aliphatic heterocycles. The third kappa shape index (κ3) is 9.28. The number of piperidine rings is 1. The van der Waals surface area contributed by atoms with Gasteiger partial charge in [-0.2, -0.15) is 18.4 Å². The average molecular weight is 831 g/mol. The van der Waals surface area contributed by atoms with Crippen molar-refractivity contribution in [3.05, 3.63) is 89.3 Å². The number of ether oxygens (including phenoxy) is 1. The molecule has 0 spiro atoms. The molecule has 0 bridgehead atoms. The van der Waals surface area contributed by atoms with Gasteiger partial charge in [0.1, 0.15) is 23.9 Å². The largest absolute Gasteiger partial charge is 0.491 e. The first-order chi connectivity index (χ1) is 27.9. The highest BCUT2D eigenvalue weighted by molar-refractivity contribution is 7.81. The summed E-state index contributed by atoms with van der Waals surface area (Å²) >= 11 is 5.74. The van der Waals surface area contributed by atoms with Crippen LogP contribution >= 0.6 is 12.2 Å². The van der Waals surface area contributed by atoms with E-state index in [9.17, 15) is 37.6 Å². The molecule has 17 heteroatoms. The lowest BCUT2D eigenvalue weighted by atomic mass is 9.98. The molecule has 0 aromatic heterocycles. The lowest BCUT2D eigenvalue weighted by Gasteiger charge is -2.35. The number of anilines is 4. The molecule has 3 aromatic rings. The number of allylic oxidation sites excluding steroid dienone is 1. The Bertz CT molecular complexity index is 2250. The Morgan fingerprint density at radius 3 is 2.46 bits per heavy atom. The lowest BCUT2D eigenvalue weighted by Crippen LogP contribution is -2.47. The number of thiocarbonyl (C=S) groups is 1. The molecule has 2 saturated heterocycles. The summed E-state index contributed by atoms with van der Waals surface area (Å²) in [5.41, 5.74) is 0.546. The zero-order valence-corrected chi connectivity index (χ0v) is 34.1. The monoisotopic (exact) mass is 830 g/mol. The molecule has 0 saturated carbocycles. The van der Waals surface area contributed by atoms with Crippen LogP contribution in [0.25, 0.3) is 0 Å². The van der Waals surface area contributed by atoms with Crippen LogP contribution in [-0.2, 0) is 25.4 Å². The summed E-state index contributed by atoms with van der Waals surface area (Å²) in [7, 11) is 0. The number of nitriles is 1. The van der Waals surface area contributed by atoms with E-state index in [-0.39, 0.29) is 47.4 Å². The first-order valence-electron chi connectivity index (χ1n) is 19.1. The van der Waals surface area contributed by atoms with Gasteiger partial charge in [-0.25, -0.2) is 0 Å². The first kappa shape index (κ1) is 42.5. The highest BCUT2D eigenvalue weighted by Gasteiger charge is 2.51. The number of hydrogen-bond acceptors (Lipinski definition) is 10. The molecule has 0 radical (unpaired) electrons. The van der Waals surface area contributed by atoms with E-state index in [1.54, 1.807) is 61.2 Å². The smallest absolute Gasteiger partial charge is 0.417 e. The predicted octanol–water partition coefficient (Wildman–Crippen LogP) is 6.33. The Kier molecular flexibility index (Phi) is 12.2. The maximum Gasteiger partial charge on any atom is 0.417 e. The fourth-order valence-corrected chi connectivity index (χ4v) is 7.82. The van der Waals surface area contributed by atoms with Crippen LogP contribution < -0.4 is 30.5 Å². The Hall–Kier alpha value is -6.15. The van der Waals surface area contributed by atoms with Crippen molar-refractivity contribution in [1.29, 1.82) is 5.26 Å². The van der Waals surface area contributed by atoms with Gasteiger partial charge in [0.2, 0.25) is 17.7 Å². The zero-order chi connectivity index (χ0) is 42.8. The Morgan fingerprint density at radius 2 is 1.78 bits per heavy atom.